The van der Waals surface area contributed by atoms with Crippen LogP contribution < -0.4 is 5.32 Å². The zero-order valence-corrected chi connectivity index (χ0v) is 20.5. The largest absolute Gasteiger partial charge is 0.364 e. The van der Waals surface area contributed by atoms with Crippen LogP contribution in [-0.2, 0) is 16.4 Å². The van der Waals surface area contributed by atoms with Crippen molar-refractivity contribution in [2.24, 2.45) is 10.4 Å². The molecule has 0 bridgehead atoms. The molecule has 2 heterocycles. The van der Waals surface area contributed by atoms with Gasteiger partial charge in [-0.3, -0.25) is 9.89 Å². The van der Waals surface area contributed by atoms with Gasteiger partial charge in [-0.2, -0.15) is 0 Å². The molecule has 28 heavy (non-hydrogen) atoms. The minimum Gasteiger partial charge on any atom is -0.364 e. The first-order valence-corrected chi connectivity index (χ1v) is 11.6. The summed E-state index contributed by atoms with van der Waals surface area (Å²) >= 11 is 0. The third-order valence-electron chi connectivity index (χ3n) is 4.69. The van der Waals surface area contributed by atoms with Crippen molar-refractivity contribution in [2.45, 2.75) is 33.7 Å². The monoisotopic (exact) mass is 527 g/mol. The van der Waals surface area contributed by atoms with Gasteiger partial charge in [-0.05, 0) is 18.8 Å². The number of nitrogens with zero attached hydrogens (tertiary/aromatic N) is 4. The molecule has 1 aliphatic rings. The van der Waals surface area contributed by atoms with Gasteiger partial charge in [0.15, 0.2) is 5.96 Å². The molecule has 1 fully saturated rings. The Kier molecular flexibility index (Phi) is 10.2. The highest BCUT2D eigenvalue weighted by Gasteiger charge is 2.23. The van der Waals surface area contributed by atoms with E-state index in [1.165, 1.54) is 6.26 Å². The number of rotatable bonds is 8. The van der Waals surface area contributed by atoms with Crippen molar-refractivity contribution in [3.05, 3.63) is 18.0 Å². The minimum absolute atomic E-state index is 0. The topological polar surface area (TPSA) is 91.0 Å². The van der Waals surface area contributed by atoms with Crippen LogP contribution in [0.1, 0.15) is 32.9 Å². The Labute approximate surface area is 186 Å². The smallest absolute Gasteiger partial charge is 0.194 e. The van der Waals surface area contributed by atoms with E-state index in [0.29, 0.717) is 13.0 Å². The molecule has 162 valence electrons. The Hall–Kier alpha value is -0.880. The SMILES string of the molecule is CCNC(=NCC(C)(C)CCS(C)(=O)=O)N1CCN(Cc2ccon2)CC1.I. The van der Waals surface area contributed by atoms with Crippen LogP contribution in [-0.4, -0.2) is 80.6 Å². The zero-order chi connectivity index (χ0) is 19.9. The maximum atomic E-state index is 11.4. The minimum atomic E-state index is -2.95. The molecule has 1 saturated heterocycles. The molecule has 2 rings (SSSR count). The van der Waals surface area contributed by atoms with E-state index in [9.17, 15) is 8.42 Å². The molecule has 1 aromatic rings. The lowest BCUT2D eigenvalue weighted by molar-refractivity contribution is 0.168. The van der Waals surface area contributed by atoms with E-state index >= 15 is 0 Å². The molecule has 0 aromatic carbocycles. The van der Waals surface area contributed by atoms with E-state index in [4.69, 9.17) is 9.52 Å². The standard InChI is InChI=1S/C18H33N5O3S.HI/c1-5-19-17(20-15-18(2,3)7-13-27(4,24)25)23-10-8-22(9-11-23)14-16-6-12-26-21-16;/h6,12H,5,7-11,13-15H2,1-4H3,(H,19,20);1H. The molecule has 1 aliphatic heterocycles. The van der Waals surface area contributed by atoms with Gasteiger partial charge in [-0.15, -0.1) is 24.0 Å². The van der Waals surface area contributed by atoms with Crippen molar-refractivity contribution in [1.82, 2.24) is 20.3 Å². The molecule has 10 heteroatoms. The maximum Gasteiger partial charge on any atom is 0.194 e. The summed E-state index contributed by atoms with van der Waals surface area (Å²) in [5.41, 5.74) is 0.801. The Morgan fingerprint density at radius 2 is 2.00 bits per heavy atom. The first-order chi connectivity index (χ1) is 12.7. The zero-order valence-electron chi connectivity index (χ0n) is 17.3. The number of nitrogens with one attached hydrogen (secondary N) is 1. The van der Waals surface area contributed by atoms with Crippen molar-refractivity contribution in [1.29, 1.82) is 0 Å². The van der Waals surface area contributed by atoms with E-state index in [0.717, 1.165) is 50.9 Å². The lowest BCUT2D eigenvalue weighted by Gasteiger charge is -2.36. The van der Waals surface area contributed by atoms with E-state index in [1.807, 2.05) is 6.07 Å². The lowest BCUT2D eigenvalue weighted by atomic mass is 9.90. The maximum absolute atomic E-state index is 11.4. The Balaban J connectivity index is 0.00000392. The number of piperazine rings is 1. The summed E-state index contributed by atoms with van der Waals surface area (Å²) in [7, 11) is -2.95. The normalized spacial score (nSPS) is 16.7. The summed E-state index contributed by atoms with van der Waals surface area (Å²) in [5, 5.41) is 7.35. The molecule has 0 atom stereocenters. The number of halogens is 1. The van der Waals surface area contributed by atoms with Gasteiger partial charge < -0.3 is 14.7 Å². The predicted molar refractivity (Wildman–Crippen MR) is 123 cm³/mol. The van der Waals surface area contributed by atoms with Crippen LogP contribution in [0, 0.1) is 5.41 Å². The van der Waals surface area contributed by atoms with Crippen molar-refractivity contribution < 1.29 is 12.9 Å². The highest BCUT2D eigenvalue weighted by Crippen LogP contribution is 2.21. The average molecular weight is 527 g/mol. The first-order valence-electron chi connectivity index (χ1n) is 9.51. The molecule has 8 nitrogen and oxygen atoms in total. The second-order valence-corrected chi connectivity index (χ2v) is 10.2. The summed E-state index contributed by atoms with van der Waals surface area (Å²) in [4.78, 5) is 9.43. The second kappa shape index (κ2) is 11.3. The average Bonchev–Trinajstić information content (AvgIpc) is 3.10. The van der Waals surface area contributed by atoms with Crippen molar-refractivity contribution in [3.8, 4) is 0 Å². The van der Waals surface area contributed by atoms with Gasteiger partial charge in [0, 0.05) is 58.1 Å². The summed E-state index contributed by atoms with van der Waals surface area (Å²) in [6, 6.07) is 1.90. The van der Waals surface area contributed by atoms with Crippen LogP contribution in [0.4, 0.5) is 0 Å². The number of guanidine groups is 1. The molecule has 1 N–H and O–H groups in total. The van der Waals surface area contributed by atoms with Crippen molar-refractivity contribution >= 4 is 39.8 Å². The lowest BCUT2D eigenvalue weighted by Crippen LogP contribution is -2.52. The number of sulfone groups is 1. The molecule has 0 radical (unpaired) electrons. The van der Waals surface area contributed by atoms with Crippen LogP contribution >= 0.6 is 24.0 Å². The number of hydrogen-bond donors (Lipinski definition) is 1. The van der Waals surface area contributed by atoms with Crippen molar-refractivity contribution in [3.63, 3.8) is 0 Å². The summed E-state index contributed by atoms with van der Waals surface area (Å²) in [6.07, 6.45) is 3.50. The number of aliphatic imine (C=N–C) groups is 1. The summed E-state index contributed by atoms with van der Waals surface area (Å²) in [6.45, 7) is 12.1. The quantitative estimate of drug-likeness (QED) is 0.314. The second-order valence-electron chi connectivity index (χ2n) is 7.97. The summed E-state index contributed by atoms with van der Waals surface area (Å²) < 4.78 is 27.8. The molecular formula is C18H34IN5O3S. The van der Waals surface area contributed by atoms with E-state index in [-0.39, 0.29) is 35.1 Å². The van der Waals surface area contributed by atoms with Crippen LogP contribution in [0.5, 0.6) is 0 Å². The van der Waals surface area contributed by atoms with Crippen molar-refractivity contribution in [2.75, 3.05) is 51.3 Å². The van der Waals surface area contributed by atoms with E-state index in [2.05, 4.69) is 41.0 Å². The first kappa shape index (κ1) is 25.2. The molecule has 0 spiro atoms. The van der Waals surface area contributed by atoms with E-state index in [1.54, 1.807) is 6.26 Å². The highest BCUT2D eigenvalue weighted by molar-refractivity contribution is 14.0. The summed E-state index contributed by atoms with van der Waals surface area (Å²) in [5.74, 6) is 1.11. The number of hydrogen-bond acceptors (Lipinski definition) is 6. The van der Waals surface area contributed by atoms with Gasteiger partial charge in [-0.1, -0.05) is 19.0 Å². The Bertz CT molecular complexity index is 699. The Morgan fingerprint density at radius 3 is 2.54 bits per heavy atom. The third kappa shape index (κ3) is 9.08. The molecular weight excluding hydrogens is 493 g/mol. The molecule has 1 aromatic heterocycles. The van der Waals surface area contributed by atoms with Gasteiger partial charge in [0.1, 0.15) is 16.1 Å². The van der Waals surface area contributed by atoms with Crippen LogP contribution in [0.3, 0.4) is 0 Å². The van der Waals surface area contributed by atoms with Crippen LogP contribution in [0.15, 0.2) is 21.8 Å². The van der Waals surface area contributed by atoms with Gasteiger partial charge in [0.2, 0.25) is 0 Å². The molecule has 0 unspecified atom stereocenters. The fraction of sp³-hybridized carbons (Fsp3) is 0.778. The van der Waals surface area contributed by atoms with Gasteiger partial charge >= 0.3 is 0 Å². The fourth-order valence-electron chi connectivity index (χ4n) is 2.92. The molecule has 0 aliphatic carbocycles. The Morgan fingerprint density at radius 1 is 1.32 bits per heavy atom. The van der Waals surface area contributed by atoms with Crippen LogP contribution in [0.2, 0.25) is 0 Å². The highest BCUT2D eigenvalue weighted by atomic mass is 127. The molecule has 0 saturated carbocycles. The number of aromatic nitrogens is 1. The van der Waals surface area contributed by atoms with E-state index < -0.39 is 9.84 Å². The fourth-order valence-corrected chi connectivity index (χ4v) is 3.84. The van der Waals surface area contributed by atoms with Gasteiger partial charge in [0.25, 0.3) is 0 Å². The third-order valence-corrected chi connectivity index (χ3v) is 5.64. The molecule has 0 amide bonds. The van der Waals surface area contributed by atoms with Crippen LogP contribution in [0.25, 0.3) is 0 Å². The predicted octanol–water partition coefficient (Wildman–Crippen LogP) is 1.84. The van der Waals surface area contributed by atoms with Gasteiger partial charge in [-0.25, -0.2) is 8.42 Å². The van der Waals surface area contributed by atoms with Gasteiger partial charge in [0.05, 0.1) is 11.4 Å².